The van der Waals surface area contributed by atoms with E-state index < -0.39 is 16.1 Å². The van der Waals surface area contributed by atoms with Crippen LogP contribution in [0.15, 0.2) is 399 Å². The third kappa shape index (κ3) is 12.8. The highest BCUT2D eigenvalue weighted by Gasteiger charge is 2.43. The van der Waals surface area contributed by atoms with Gasteiger partial charge in [-0.25, -0.2) is 0 Å². The van der Waals surface area contributed by atoms with Crippen molar-refractivity contribution < 1.29 is 4.42 Å². The number of hydrogen-bond acceptors (Lipinski definition) is 3. The fourth-order valence-corrected chi connectivity index (χ4v) is 31.4. The van der Waals surface area contributed by atoms with Crippen molar-refractivity contribution in [3.8, 4) is 89.0 Å². The van der Waals surface area contributed by atoms with Gasteiger partial charge >= 0.3 is 0 Å². The van der Waals surface area contributed by atoms with E-state index in [1.165, 1.54) is 237 Å². The molecule has 19 aromatic carbocycles. The Morgan fingerprint density at radius 3 is 1.17 bits per heavy atom. The van der Waals surface area contributed by atoms with Crippen LogP contribution in [-0.2, 0) is 43.9 Å². The van der Waals surface area contributed by atoms with Crippen LogP contribution in [0.3, 0.4) is 0 Å². The highest BCUT2D eigenvalue weighted by Crippen LogP contribution is 2.56. The lowest BCUT2D eigenvalue weighted by molar-refractivity contribution is 0.632. The predicted octanol–water partition coefficient (Wildman–Crippen LogP) is 31.2. The topological polar surface area (TPSA) is 32.2 Å². The Kier molecular flexibility index (Phi) is 18.3. The molecule has 0 atom stereocenters. The van der Waals surface area contributed by atoms with Gasteiger partial charge in [-0.2, -0.15) is 0 Å². The highest BCUT2D eigenvalue weighted by atomic mass is 32.1. The van der Waals surface area contributed by atoms with E-state index in [1.54, 1.807) is 20.7 Å². The average molecular weight is 1750 g/mol. The zero-order chi connectivity index (χ0) is 88.7. The van der Waals surface area contributed by atoms with Gasteiger partial charge in [-0.05, 0) is 323 Å². The smallest absolute Gasteiger partial charge is 0.135 e. The second-order valence-corrected chi connectivity index (χ2v) is 49.0. The summed E-state index contributed by atoms with van der Waals surface area (Å²) in [5.74, 6) is 0. The first kappa shape index (κ1) is 79.2. The van der Waals surface area contributed by atoms with Crippen LogP contribution in [0.5, 0.6) is 0 Å². The van der Waals surface area contributed by atoms with Crippen LogP contribution in [0, 0.1) is 0 Å². The molecule has 0 spiro atoms. The molecular formula is C127H96N2OSSi2. The number of fused-ring (bicyclic) bond motifs is 35. The number of hydrogen-bond donors (Lipinski definition) is 1. The Morgan fingerprint density at radius 2 is 0.632 bits per heavy atom. The van der Waals surface area contributed by atoms with Gasteiger partial charge in [0.2, 0.25) is 0 Å². The lowest BCUT2D eigenvalue weighted by Gasteiger charge is -2.42. The first-order chi connectivity index (χ1) is 65.2. The van der Waals surface area contributed by atoms with E-state index in [-0.39, 0.29) is 5.41 Å². The number of para-hydroxylation sites is 4. The number of thiophene rings is 1. The zero-order valence-corrected chi connectivity index (χ0v) is 78.4. The fourth-order valence-electron chi connectivity index (χ4n) is 24.0. The Labute approximate surface area is 782 Å². The number of rotatable bonds is 1. The van der Waals surface area contributed by atoms with Crippen molar-refractivity contribution in [3.63, 3.8) is 0 Å². The molecule has 0 radical (unpaired) electrons. The summed E-state index contributed by atoms with van der Waals surface area (Å²) in [5.41, 5.74) is 51.3. The van der Waals surface area contributed by atoms with Crippen molar-refractivity contribution in [2.45, 2.75) is 84.0 Å². The van der Waals surface area contributed by atoms with Gasteiger partial charge in [0.25, 0.3) is 0 Å². The van der Waals surface area contributed by atoms with E-state index in [4.69, 9.17) is 4.42 Å². The van der Waals surface area contributed by atoms with Crippen LogP contribution in [0.4, 0.5) is 17.1 Å². The minimum atomic E-state index is -1.53. The summed E-state index contributed by atoms with van der Waals surface area (Å²) in [6.45, 7) is 14.7. The van der Waals surface area contributed by atoms with Crippen LogP contribution in [-0.4, -0.2) is 21.1 Å². The molecule has 0 fully saturated rings. The average Bonchev–Trinajstić information content (AvgIpc) is 1.69. The summed E-state index contributed by atoms with van der Waals surface area (Å²) < 4.78 is 8.78. The Bertz CT molecular complexity index is 8100. The molecule has 1 N–H and O–H groups in total. The van der Waals surface area contributed by atoms with E-state index in [1.807, 2.05) is 23.5 Å². The Hall–Kier alpha value is -14.8. The summed E-state index contributed by atoms with van der Waals surface area (Å²) in [5, 5.41) is 14.3. The molecule has 0 unspecified atom stereocenters. The van der Waals surface area contributed by atoms with Gasteiger partial charge in [-0.1, -0.05) is 337 Å². The first-order valence-corrected chi connectivity index (χ1v) is 54.1. The maximum absolute atomic E-state index is 5.98. The SMILES string of the molecule is CC1(C)c2ccccc2N(c2ccccc2)c2cc3c(cc21)-c1ccccc1C3.C[Si]1(C)c2ccccc2-c2cc3c(cc21)Cc1ccccc1-3.C[Si]1(C)c2ccccc2-c2cc3c(cc21)Cc1ccccc1-3.c1ccc2c(c1)Cc1cc3[nH]c4ccccc4c3cc1-2.c1ccc2c(c1)Cc1cc3oc4ccccc4c3cc1-2.c1ccc2c(c1)Cc1cc3sc4ccccc4c3cc1-2. The van der Waals surface area contributed by atoms with E-state index >= 15 is 0 Å². The van der Waals surface area contributed by atoms with Gasteiger partial charge in [0.15, 0.2) is 0 Å². The maximum atomic E-state index is 5.98. The summed E-state index contributed by atoms with van der Waals surface area (Å²) in [7, 11) is -3.06. The van der Waals surface area contributed by atoms with Gasteiger partial charge < -0.3 is 14.3 Å². The van der Waals surface area contributed by atoms with Gasteiger partial charge in [-0.3, -0.25) is 0 Å². The quantitative estimate of drug-likeness (QED) is 0.166. The molecule has 6 aliphatic carbocycles. The minimum Gasteiger partial charge on any atom is -0.456 e. The van der Waals surface area contributed by atoms with Crippen LogP contribution >= 0.6 is 11.3 Å². The largest absolute Gasteiger partial charge is 0.456 e. The second kappa shape index (κ2) is 30.7. The molecule has 9 aliphatic rings. The van der Waals surface area contributed by atoms with Crippen molar-refractivity contribution in [3.05, 3.63) is 472 Å². The Balaban J connectivity index is 0.0000000838. The van der Waals surface area contributed by atoms with E-state index in [0.29, 0.717) is 0 Å². The lowest BCUT2D eigenvalue weighted by atomic mass is 9.72. The Morgan fingerprint density at radius 1 is 0.241 bits per heavy atom. The molecular weight excluding hydrogens is 1660 g/mol. The molecule has 31 rings (SSSR count). The standard InChI is InChI=1S/C28H23N.2C21H18Si.C19H13N.C19H12O.C19H12S/c1-28(2)24-14-8-9-15-26(24)29(21-11-4-3-5-12-21)27-17-20-16-19-10-6-7-13-22(19)23(20)18-25(27)28;2*1-22(2)20-10-6-5-9-17(20)19-13-18-15(12-21(19)22)11-14-7-3-4-8-16(14)18;3*1-2-6-14-12(5-1)9-13-10-19-17(11-16(13)14)15-7-3-4-8-18(15)20-19/h3-15,17-18H,16H2,1-2H3;2*3-10,12-13H,11H2,1-2H3;1-8,10-11,20H,9H2;2*1-8,10-11H,9H2. The predicted molar refractivity (Wildman–Crippen MR) is 569 cm³/mol. The van der Waals surface area contributed by atoms with Crippen molar-refractivity contribution in [2.75, 3.05) is 4.90 Å². The van der Waals surface area contributed by atoms with Crippen molar-refractivity contribution in [1.82, 2.24) is 4.98 Å². The number of aromatic nitrogens is 1. The zero-order valence-electron chi connectivity index (χ0n) is 75.5. The monoisotopic (exact) mass is 1750 g/mol. The summed E-state index contributed by atoms with van der Waals surface area (Å²) >= 11 is 1.91. The van der Waals surface area contributed by atoms with Crippen LogP contribution < -0.4 is 25.6 Å². The molecule has 22 aromatic rings. The number of anilines is 3. The summed E-state index contributed by atoms with van der Waals surface area (Å²) in [4.78, 5) is 5.98. The van der Waals surface area contributed by atoms with Crippen molar-refractivity contribution in [1.29, 1.82) is 0 Å². The molecule has 3 nitrogen and oxygen atoms in total. The van der Waals surface area contributed by atoms with E-state index in [0.717, 1.165) is 49.7 Å². The molecule has 0 saturated heterocycles. The number of aromatic amines is 1. The van der Waals surface area contributed by atoms with Crippen LogP contribution in [0.25, 0.3) is 153 Å². The number of furan rings is 1. The van der Waals surface area contributed by atoms with Gasteiger partial charge in [0, 0.05) is 63.9 Å². The molecule has 0 saturated carbocycles. The minimum absolute atomic E-state index is 0.0518. The van der Waals surface area contributed by atoms with Gasteiger partial charge in [-0.15, -0.1) is 11.3 Å². The van der Waals surface area contributed by atoms with Gasteiger partial charge in [0.05, 0.1) is 11.4 Å². The summed E-state index contributed by atoms with van der Waals surface area (Å²) in [6, 6.07) is 145. The number of nitrogens with one attached hydrogen (secondary N) is 1. The van der Waals surface area contributed by atoms with Crippen LogP contribution in [0.1, 0.15) is 91.7 Å². The first-order valence-electron chi connectivity index (χ1n) is 47.2. The molecule has 0 amide bonds. The third-order valence-electron chi connectivity index (χ3n) is 30.6. The molecule has 6 heterocycles. The molecule has 3 aliphatic heterocycles. The van der Waals surface area contributed by atoms with Crippen molar-refractivity contribution in [2.24, 2.45) is 0 Å². The molecule has 3 aromatic heterocycles. The molecule has 634 valence electrons. The van der Waals surface area contributed by atoms with E-state index in [2.05, 4.69) is 432 Å². The van der Waals surface area contributed by atoms with Crippen molar-refractivity contribution >= 4 is 129 Å². The maximum Gasteiger partial charge on any atom is 0.135 e. The second-order valence-electron chi connectivity index (χ2n) is 39.2. The number of benzene rings is 19. The highest BCUT2D eigenvalue weighted by molar-refractivity contribution is 7.25. The third-order valence-corrected chi connectivity index (χ3v) is 38.9. The number of H-pyrrole nitrogens is 1. The molecule has 0 bridgehead atoms. The van der Waals surface area contributed by atoms with Gasteiger partial charge in [0.1, 0.15) is 27.3 Å². The van der Waals surface area contributed by atoms with E-state index in [9.17, 15) is 0 Å². The normalized spacial score (nSPS) is 14.4. The summed E-state index contributed by atoms with van der Waals surface area (Å²) in [6.07, 6.45) is 6.35. The fraction of sp³-hybridized carbons (Fsp3) is 0.102. The van der Waals surface area contributed by atoms with Crippen LogP contribution in [0.2, 0.25) is 26.2 Å². The molecule has 6 heteroatoms. The lowest BCUT2D eigenvalue weighted by Crippen LogP contribution is -2.49. The number of nitrogens with zero attached hydrogens (tertiary/aromatic N) is 1. The molecule has 133 heavy (non-hydrogen) atoms.